The summed E-state index contributed by atoms with van der Waals surface area (Å²) in [4.78, 5) is 33.7. The minimum Gasteiger partial charge on any atom is -0.493 e. The fraction of sp³-hybridized carbons (Fsp3) is 0.389. The zero-order valence-corrected chi connectivity index (χ0v) is 14.7. The van der Waals surface area contributed by atoms with Gasteiger partial charge >= 0.3 is 5.97 Å². The molecule has 0 aliphatic carbocycles. The van der Waals surface area contributed by atoms with Gasteiger partial charge < -0.3 is 25.3 Å². The van der Waals surface area contributed by atoms with E-state index in [0.717, 1.165) is 17.7 Å². The first kappa shape index (κ1) is 19.3. The quantitative estimate of drug-likeness (QED) is 0.516. The lowest BCUT2D eigenvalue weighted by atomic mass is 10.1. The lowest BCUT2D eigenvalue weighted by Gasteiger charge is -2.10. The fourth-order valence-electron chi connectivity index (χ4n) is 2.45. The average Bonchev–Trinajstić information content (AvgIpc) is 2.95. The summed E-state index contributed by atoms with van der Waals surface area (Å²) < 4.78 is 16.1. The van der Waals surface area contributed by atoms with Crippen molar-refractivity contribution < 1.29 is 28.6 Å². The summed E-state index contributed by atoms with van der Waals surface area (Å²) in [5, 5.41) is 2.22. The van der Waals surface area contributed by atoms with Crippen LogP contribution in [0.3, 0.4) is 0 Å². The van der Waals surface area contributed by atoms with Gasteiger partial charge in [0.15, 0.2) is 6.61 Å². The third-order valence-electron chi connectivity index (χ3n) is 3.53. The van der Waals surface area contributed by atoms with Crippen LogP contribution >= 0.6 is 0 Å². The summed E-state index contributed by atoms with van der Waals surface area (Å²) in [5.41, 5.74) is 6.64. The SMILES string of the molecule is CCOc1cc2c(cc1/C=C/C(=O)OCC(=O)NCC(N)=O)O[C@@H](C)C2. The van der Waals surface area contributed by atoms with Crippen molar-refractivity contribution in [1.29, 1.82) is 0 Å². The molecule has 0 fully saturated rings. The van der Waals surface area contributed by atoms with Crippen LogP contribution in [0, 0.1) is 0 Å². The number of ether oxygens (including phenoxy) is 3. The standard InChI is InChI=1S/C18H22N2O6/c1-3-24-14-8-13-6-11(2)26-15(13)7-12(14)4-5-18(23)25-10-17(22)20-9-16(19)21/h4-5,7-8,11H,3,6,9-10H2,1-2H3,(H2,19,21)(H,20,22)/b5-4+/t11-/m0/s1. The number of benzene rings is 1. The van der Waals surface area contributed by atoms with Gasteiger partial charge in [0.05, 0.1) is 13.2 Å². The third kappa shape index (κ3) is 5.51. The Morgan fingerprint density at radius 2 is 2.15 bits per heavy atom. The van der Waals surface area contributed by atoms with Crippen LogP contribution in [0.5, 0.6) is 11.5 Å². The molecular weight excluding hydrogens is 340 g/mol. The van der Waals surface area contributed by atoms with Crippen molar-refractivity contribution in [1.82, 2.24) is 5.32 Å². The number of hydrogen-bond donors (Lipinski definition) is 2. The normalized spacial score (nSPS) is 15.2. The number of primary amides is 1. The molecule has 0 spiro atoms. The van der Waals surface area contributed by atoms with Crippen molar-refractivity contribution >= 4 is 23.9 Å². The molecule has 26 heavy (non-hydrogen) atoms. The van der Waals surface area contributed by atoms with Gasteiger partial charge in [-0.1, -0.05) is 0 Å². The molecule has 0 unspecified atom stereocenters. The third-order valence-corrected chi connectivity index (χ3v) is 3.53. The number of carbonyl (C=O) groups is 3. The van der Waals surface area contributed by atoms with Crippen molar-refractivity contribution in [3.05, 3.63) is 29.3 Å². The van der Waals surface area contributed by atoms with E-state index in [0.29, 0.717) is 17.9 Å². The van der Waals surface area contributed by atoms with E-state index in [1.807, 2.05) is 26.0 Å². The van der Waals surface area contributed by atoms with Gasteiger partial charge in [0.25, 0.3) is 5.91 Å². The van der Waals surface area contributed by atoms with Crippen LogP contribution in [0.15, 0.2) is 18.2 Å². The minimum atomic E-state index is -0.698. The van der Waals surface area contributed by atoms with Crippen molar-refractivity contribution in [3.63, 3.8) is 0 Å². The largest absolute Gasteiger partial charge is 0.493 e. The second kappa shape index (κ2) is 8.89. The highest BCUT2D eigenvalue weighted by molar-refractivity contribution is 5.90. The molecule has 8 nitrogen and oxygen atoms in total. The van der Waals surface area contributed by atoms with Gasteiger partial charge in [-0.05, 0) is 32.1 Å². The first-order valence-electron chi connectivity index (χ1n) is 8.25. The van der Waals surface area contributed by atoms with E-state index in [9.17, 15) is 14.4 Å². The molecule has 0 aromatic heterocycles. The van der Waals surface area contributed by atoms with E-state index >= 15 is 0 Å². The molecule has 2 rings (SSSR count). The molecule has 1 aromatic carbocycles. The van der Waals surface area contributed by atoms with E-state index in [1.165, 1.54) is 6.08 Å². The molecule has 0 saturated carbocycles. The summed E-state index contributed by atoms with van der Waals surface area (Å²) in [6.07, 6.45) is 3.65. The van der Waals surface area contributed by atoms with E-state index in [-0.39, 0.29) is 12.6 Å². The number of esters is 1. The van der Waals surface area contributed by atoms with Crippen LogP contribution < -0.4 is 20.5 Å². The zero-order valence-electron chi connectivity index (χ0n) is 14.7. The Labute approximate surface area is 151 Å². The van der Waals surface area contributed by atoms with Gasteiger partial charge in [-0.2, -0.15) is 0 Å². The highest BCUT2D eigenvalue weighted by Crippen LogP contribution is 2.35. The molecule has 0 radical (unpaired) electrons. The second-order valence-electron chi connectivity index (χ2n) is 5.75. The lowest BCUT2D eigenvalue weighted by molar-refractivity contribution is -0.143. The first-order valence-corrected chi connectivity index (χ1v) is 8.25. The number of rotatable bonds is 8. The molecule has 1 aliphatic rings. The summed E-state index contributed by atoms with van der Waals surface area (Å²) in [6.45, 7) is 3.53. The van der Waals surface area contributed by atoms with Crippen LogP contribution in [0.25, 0.3) is 6.08 Å². The van der Waals surface area contributed by atoms with E-state index in [4.69, 9.17) is 19.9 Å². The molecule has 140 valence electrons. The maximum absolute atomic E-state index is 11.8. The van der Waals surface area contributed by atoms with Gasteiger partial charge in [0.2, 0.25) is 5.91 Å². The van der Waals surface area contributed by atoms with Gasteiger partial charge in [-0.25, -0.2) is 4.79 Å². The number of amides is 2. The van der Waals surface area contributed by atoms with Gasteiger partial charge in [0, 0.05) is 23.6 Å². The number of nitrogens with two attached hydrogens (primary N) is 1. The van der Waals surface area contributed by atoms with Crippen LogP contribution in [-0.4, -0.2) is 43.6 Å². The number of hydrogen-bond acceptors (Lipinski definition) is 6. The molecule has 1 atom stereocenters. The summed E-state index contributed by atoms with van der Waals surface area (Å²) in [5.74, 6) is -0.579. The first-order chi connectivity index (χ1) is 12.4. The molecule has 1 aliphatic heterocycles. The molecule has 0 saturated heterocycles. The molecule has 1 aromatic rings. The van der Waals surface area contributed by atoms with Gasteiger partial charge in [-0.15, -0.1) is 0 Å². The molecule has 8 heteroatoms. The lowest BCUT2D eigenvalue weighted by Crippen LogP contribution is -2.35. The second-order valence-corrected chi connectivity index (χ2v) is 5.75. The molecular formula is C18H22N2O6. The number of nitrogens with one attached hydrogen (secondary N) is 1. The van der Waals surface area contributed by atoms with Crippen LogP contribution in [0.2, 0.25) is 0 Å². The Bertz CT molecular complexity index is 729. The predicted molar refractivity (Wildman–Crippen MR) is 93.6 cm³/mol. The summed E-state index contributed by atoms with van der Waals surface area (Å²) >= 11 is 0. The van der Waals surface area contributed by atoms with Crippen LogP contribution in [-0.2, 0) is 25.5 Å². The zero-order chi connectivity index (χ0) is 19.1. The smallest absolute Gasteiger partial charge is 0.331 e. The molecule has 2 amide bonds. The maximum atomic E-state index is 11.8. The molecule has 0 bridgehead atoms. The van der Waals surface area contributed by atoms with Crippen molar-refractivity contribution in [2.75, 3.05) is 19.8 Å². The minimum absolute atomic E-state index is 0.0996. The number of carbonyl (C=O) groups excluding carboxylic acids is 3. The van der Waals surface area contributed by atoms with Crippen LogP contribution in [0.1, 0.15) is 25.0 Å². The Hall–Kier alpha value is -3.03. The highest BCUT2D eigenvalue weighted by atomic mass is 16.5. The number of fused-ring (bicyclic) bond motifs is 1. The monoisotopic (exact) mass is 362 g/mol. The van der Waals surface area contributed by atoms with Crippen molar-refractivity contribution in [2.45, 2.75) is 26.4 Å². The summed E-state index contributed by atoms with van der Waals surface area (Å²) in [7, 11) is 0. The Balaban J connectivity index is 1.98. The van der Waals surface area contributed by atoms with Gasteiger partial charge in [0.1, 0.15) is 17.6 Å². The van der Waals surface area contributed by atoms with E-state index in [2.05, 4.69) is 5.32 Å². The molecule has 1 heterocycles. The topological polar surface area (TPSA) is 117 Å². The van der Waals surface area contributed by atoms with Crippen LogP contribution in [0.4, 0.5) is 0 Å². The van der Waals surface area contributed by atoms with E-state index in [1.54, 1.807) is 6.08 Å². The van der Waals surface area contributed by atoms with Crippen molar-refractivity contribution in [3.8, 4) is 11.5 Å². The highest BCUT2D eigenvalue weighted by Gasteiger charge is 2.21. The van der Waals surface area contributed by atoms with Gasteiger partial charge in [-0.3, -0.25) is 9.59 Å². The molecule has 3 N–H and O–H groups in total. The van der Waals surface area contributed by atoms with Crippen molar-refractivity contribution in [2.24, 2.45) is 5.73 Å². The summed E-state index contributed by atoms with van der Waals surface area (Å²) in [6, 6.07) is 3.72. The predicted octanol–water partition coefficient (Wildman–Crippen LogP) is 0.567. The Kier molecular flexibility index (Phi) is 6.60. The Morgan fingerprint density at radius 3 is 2.85 bits per heavy atom. The Morgan fingerprint density at radius 1 is 1.38 bits per heavy atom. The maximum Gasteiger partial charge on any atom is 0.331 e. The fourth-order valence-corrected chi connectivity index (χ4v) is 2.45. The van der Waals surface area contributed by atoms with E-state index < -0.39 is 24.4 Å². The average molecular weight is 362 g/mol.